The zero-order valence-electron chi connectivity index (χ0n) is 17.2. The Balaban J connectivity index is 1.73. The van der Waals surface area contributed by atoms with Crippen LogP contribution in [-0.4, -0.2) is 30.0 Å². The fraction of sp³-hybridized carbons (Fsp3) is 0.364. The summed E-state index contributed by atoms with van der Waals surface area (Å²) in [7, 11) is -3.35. The molecule has 3 aromatic rings. The zero-order chi connectivity index (χ0) is 21.3. The fourth-order valence-corrected chi connectivity index (χ4v) is 4.74. The third-order valence-corrected chi connectivity index (χ3v) is 6.74. The first-order valence-electron chi connectivity index (χ1n) is 10.3. The van der Waals surface area contributed by atoms with Gasteiger partial charge in [-0.3, -0.25) is 9.52 Å². The number of carbonyl (C=O) groups is 1. The van der Waals surface area contributed by atoms with Crippen molar-refractivity contribution in [3.63, 3.8) is 0 Å². The van der Waals surface area contributed by atoms with Crippen molar-refractivity contribution in [2.75, 3.05) is 15.8 Å². The molecule has 0 atom stereocenters. The maximum Gasteiger partial charge on any atom is 0.232 e. The quantitative estimate of drug-likeness (QED) is 0.500. The first-order chi connectivity index (χ1) is 14.4. The monoisotopic (exact) mass is 426 g/mol. The van der Waals surface area contributed by atoms with E-state index in [0.717, 1.165) is 41.3 Å². The highest BCUT2D eigenvalue weighted by Crippen LogP contribution is 2.35. The zero-order valence-corrected chi connectivity index (χ0v) is 18.0. The lowest BCUT2D eigenvalue weighted by atomic mass is 9.96. The predicted molar refractivity (Wildman–Crippen MR) is 120 cm³/mol. The number of hydrogen-bond donors (Lipinski definition) is 3. The Labute approximate surface area is 176 Å². The number of nitrogens with one attached hydrogen (secondary N) is 3. The minimum Gasteiger partial charge on any atom is -0.346 e. The van der Waals surface area contributed by atoms with E-state index in [1.807, 2.05) is 44.3 Å². The van der Waals surface area contributed by atoms with E-state index in [4.69, 9.17) is 0 Å². The molecule has 0 saturated heterocycles. The molecule has 2 heterocycles. The van der Waals surface area contributed by atoms with Crippen molar-refractivity contribution < 1.29 is 13.2 Å². The van der Waals surface area contributed by atoms with Crippen LogP contribution in [0.5, 0.6) is 0 Å². The van der Waals surface area contributed by atoms with Gasteiger partial charge in [0.1, 0.15) is 11.5 Å². The van der Waals surface area contributed by atoms with Gasteiger partial charge in [0.15, 0.2) is 0 Å². The van der Waals surface area contributed by atoms with Crippen molar-refractivity contribution in [1.29, 1.82) is 0 Å². The third-order valence-electron chi connectivity index (χ3n) is 5.25. The molecule has 0 unspecified atom stereocenters. The second-order valence-electron chi connectivity index (χ2n) is 7.70. The van der Waals surface area contributed by atoms with Crippen LogP contribution < -0.4 is 10.0 Å². The molecule has 8 heteroatoms. The lowest BCUT2D eigenvalue weighted by Crippen LogP contribution is -2.16. The standard InChI is InChI=1S/C22H26N4O3S/c1-3-11-30(28,29)26-16-7-8-17(14(4-2)12-16)19-13-20(25-22(27)15-5-6-15)24-21-18(19)9-10-23-21/h7-10,12-13,15,26H,3-6,11H2,1-2H3,(H2,23,24,25,27). The van der Waals surface area contributed by atoms with Gasteiger partial charge in [0.25, 0.3) is 0 Å². The summed E-state index contributed by atoms with van der Waals surface area (Å²) in [6.07, 6.45) is 4.98. The molecule has 4 rings (SSSR count). The van der Waals surface area contributed by atoms with Crippen molar-refractivity contribution in [3.05, 3.63) is 42.1 Å². The highest BCUT2D eigenvalue weighted by Gasteiger charge is 2.30. The minimum atomic E-state index is -3.35. The molecule has 1 fully saturated rings. The van der Waals surface area contributed by atoms with Crippen molar-refractivity contribution in [3.8, 4) is 11.1 Å². The van der Waals surface area contributed by atoms with Crippen molar-refractivity contribution in [1.82, 2.24) is 9.97 Å². The molecule has 7 nitrogen and oxygen atoms in total. The lowest BCUT2D eigenvalue weighted by Gasteiger charge is -2.14. The molecular weight excluding hydrogens is 400 g/mol. The van der Waals surface area contributed by atoms with Gasteiger partial charge in [0.2, 0.25) is 15.9 Å². The number of amides is 1. The first kappa shape index (κ1) is 20.4. The molecule has 0 bridgehead atoms. The molecule has 30 heavy (non-hydrogen) atoms. The number of benzene rings is 1. The van der Waals surface area contributed by atoms with Crippen molar-refractivity contribution in [2.24, 2.45) is 5.92 Å². The average molecular weight is 427 g/mol. The van der Waals surface area contributed by atoms with Gasteiger partial charge in [-0.05, 0) is 66.6 Å². The van der Waals surface area contributed by atoms with E-state index in [1.165, 1.54) is 0 Å². The van der Waals surface area contributed by atoms with Gasteiger partial charge in [-0.15, -0.1) is 0 Å². The Kier molecular flexibility index (Phi) is 5.51. The van der Waals surface area contributed by atoms with Gasteiger partial charge < -0.3 is 10.3 Å². The number of H-pyrrole nitrogens is 1. The summed E-state index contributed by atoms with van der Waals surface area (Å²) in [4.78, 5) is 19.9. The summed E-state index contributed by atoms with van der Waals surface area (Å²) >= 11 is 0. The number of rotatable bonds is 8. The Morgan fingerprint density at radius 2 is 1.97 bits per heavy atom. The molecule has 0 radical (unpaired) electrons. The molecule has 1 aliphatic rings. The summed E-state index contributed by atoms with van der Waals surface area (Å²) in [6.45, 7) is 3.87. The number of pyridine rings is 1. The highest BCUT2D eigenvalue weighted by molar-refractivity contribution is 7.92. The third kappa shape index (κ3) is 4.33. The van der Waals surface area contributed by atoms with Crippen LogP contribution in [0.15, 0.2) is 36.5 Å². The number of nitrogens with zero attached hydrogens (tertiary/aromatic N) is 1. The van der Waals surface area contributed by atoms with E-state index in [0.29, 0.717) is 23.6 Å². The van der Waals surface area contributed by atoms with Crippen molar-refractivity contribution in [2.45, 2.75) is 39.5 Å². The number of fused-ring (bicyclic) bond motifs is 1. The number of sulfonamides is 1. The second kappa shape index (κ2) is 8.10. The number of aryl methyl sites for hydroxylation is 1. The van der Waals surface area contributed by atoms with E-state index in [-0.39, 0.29) is 17.6 Å². The number of aromatic nitrogens is 2. The normalized spacial score (nSPS) is 14.1. The van der Waals surface area contributed by atoms with Crippen LogP contribution >= 0.6 is 0 Å². The van der Waals surface area contributed by atoms with Crippen LogP contribution in [0.4, 0.5) is 11.5 Å². The number of hydrogen-bond acceptors (Lipinski definition) is 4. The maximum atomic E-state index is 12.2. The van der Waals surface area contributed by atoms with Gasteiger partial charge >= 0.3 is 0 Å². The summed E-state index contributed by atoms with van der Waals surface area (Å²) in [5.41, 5.74) is 4.22. The van der Waals surface area contributed by atoms with E-state index >= 15 is 0 Å². The Morgan fingerprint density at radius 3 is 2.67 bits per heavy atom. The summed E-state index contributed by atoms with van der Waals surface area (Å²) in [6, 6.07) is 9.44. The Hall–Kier alpha value is -2.87. The minimum absolute atomic E-state index is 0.00995. The van der Waals surface area contributed by atoms with Crippen LogP contribution in [0.3, 0.4) is 0 Å². The van der Waals surface area contributed by atoms with Gasteiger partial charge in [0, 0.05) is 23.2 Å². The molecule has 1 saturated carbocycles. The van der Waals surface area contributed by atoms with Gasteiger partial charge in [-0.1, -0.05) is 19.9 Å². The molecule has 2 aromatic heterocycles. The first-order valence-corrected chi connectivity index (χ1v) is 12.0. The van der Waals surface area contributed by atoms with Gasteiger partial charge in [-0.25, -0.2) is 13.4 Å². The molecule has 1 amide bonds. The number of carbonyl (C=O) groups excluding carboxylic acids is 1. The summed E-state index contributed by atoms with van der Waals surface area (Å²) in [5, 5.41) is 3.88. The van der Waals surface area contributed by atoms with Crippen LogP contribution in [-0.2, 0) is 21.2 Å². The molecule has 1 aromatic carbocycles. The molecular formula is C22H26N4O3S. The molecule has 0 aliphatic heterocycles. The lowest BCUT2D eigenvalue weighted by molar-refractivity contribution is -0.117. The predicted octanol–water partition coefficient (Wildman–Crippen LogP) is 4.29. The number of anilines is 2. The van der Waals surface area contributed by atoms with Crippen molar-refractivity contribution >= 4 is 38.5 Å². The second-order valence-corrected chi connectivity index (χ2v) is 9.55. The van der Waals surface area contributed by atoms with Crippen LogP contribution in [0.2, 0.25) is 0 Å². The summed E-state index contributed by atoms with van der Waals surface area (Å²) < 4.78 is 26.9. The van der Waals surface area contributed by atoms with Crippen LogP contribution in [0.25, 0.3) is 22.2 Å². The Bertz CT molecular complexity index is 1200. The fourth-order valence-electron chi connectivity index (χ4n) is 3.61. The maximum absolute atomic E-state index is 12.2. The smallest absolute Gasteiger partial charge is 0.232 e. The van der Waals surface area contributed by atoms with E-state index in [9.17, 15) is 13.2 Å². The van der Waals surface area contributed by atoms with E-state index < -0.39 is 10.0 Å². The number of aromatic amines is 1. The van der Waals surface area contributed by atoms with Crippen LogP contribution in [0.1, 0.15) is 38.7 Å². The van der Waals surface area contributed by atoms with E-state index in [1.54, 1.807) is 6.07 Å². The van der Waals surface area contributed by atoms with Gasteiger partial charge in [-0.2, -0.15) is 0 Å². The molecule has 1 aliphatic carbocycles. The van der Waals surface area contributed by atoms with Gasteiger partial charge in [0.05, 0.1) is 5.75 Å². The summed E-state index contributed by atoms with van der Waals surface area (Å²) in [5.74, 6) is 0.716. The molecule has 0 spiro atoms. The highest BCUT2D eigenvalue weighted by atomic mass is 32.2. The Morgan fingerprint density at radius 1 is 1.17 bits per heavy atom. The van der Waals surface area contributed by atoms with E-state index in [2.05, 4.69) is 20.0 Å². The SMILES string of the molecule is CCCS(=O)(=O)Nc1ccc(-c2cc(NC(=O)C3CC3)nc3[nH]ccc23)c(CC)c1. The average Bonchev–Trinajstić information content (AvgIpc) is 3.45. The molecule has 158 valence electrons. The largest absolute Gasteiger partial charge is 0.346 e. The topological polar surface area (TPSA) is 104 Å². The molecule has 3 N–H and O–H groups in total. The van der Waals surface area contributed by atoms with Crippen LogP contribution in [0, 0.1) is 5.92 Å².